The minimum absolute atomic E-state index is 0.504. The number of likely N-dealkylation sites (tertiary alicyclic amines) is 1. The highest BCUT2D eigenvalue weighted by Crippen LogP contribution is 2.29. The van der Waals surface area contributed by atoms with Gasteiger partial charge in [0.15, 0.2) is 0 Å². The molecule has 2 heteroatoms. The number of rotatable bonds is 3. The summed E-state index contributed by atoms with van der Waals surface area (Å²) >= 11 is 0. The minimum Gasteiger partial charge on any atom is -0.328 e. The molecule has 2 rings (SSSR count). The maximum atomic E-state index is 5.86. The van der Waals surface area contributed by atoms with Crippen LogP contribution in [0.25, 0.3) is 0 Å². The summed E-state index contributed by atoms with van der Waals surface area (Å²) in [5.74, 6) is 1.01. The Balaban J connectivity index is 1.74. The van der Waals surface area contributed by atoms with Crippen molar-refractivity contribution < 1.29 is 0 Å². The van der Waals surface area contributed by atoms with Gasteiger partial charge in [-0.15, -0.1) is 0 Å². The second-order valence-electron chi connectivity index (χ2n) is 5.51. The Bertz CT molecular complexity index is 187. The fourth-order valence-electron chi connectivity index (χ4n) is 3.18. The first-order valence-corrected chi connectivity index (χ1v) is 6.79. The highest BCUT2D eigenvalue weighted by molar-refractivity contribution is 4.90. The molecule has 2 fully saturated rings. The zero-order chi connectivity index (χ0) is 10.7. The summed E-state index contributed by atoms with van der Waals surface area (Å²) < 4.78 is 0. The van der Waals surface area contributed by atoms with E-state index in [1.807, 2.05) is 0 Å². The monoisotopic (exact) mass is 210 g/mol. The Morgan fingerprint density at radius 3 is 2.67 bits per heavy atom. The predicted molar refractivity (Wildman–Crippen MR) is 64.8 cm³/mol. The van der Waals surface area contributed by atoms with Crippen molar-refractivity contribution in [1.29, 1.82) is 0 Å². The average Bonchev–Trinajstić information content (AvgIpc) is 2.39. The van der Waals surface area contributed by atoms with Crippen molar-refractivity contribution in [3.05, 3.63) is 0 Å². The van der Waals surface area contributed by atoms with E-state index in [-0.39, 0.29) is 0 Å². The Labute approximate surface area is 94.2 Å². The Kier molecular flexibility index (Phi) is 4.04. The van der Waals surface area contributed by atoms with E-state index in [0.29, 0.717) is 6.04 Å². The lowest BCUT2D eigenvalue weighted by atomic mass is 9.86. The molecule has 0 aromatic heterocycles. The summed E-state index contributed by atoms with van der Waals surface area (Å²) in [6.45, 7) is 4.98. The second kappa shape index (κ2) is 5.31. The van der Waals surface area contributed by atoms with E-state index < -0.39 is 0 Å². The van der Waals surface area contributed by atoms with E-state index in [9.17, 15) is 0 Å². The fraction of sp³-hybridized carbons (Fsp3) is 1.00. The van der Waals surface area contributed by atoms with Crippen LogP contribution in [0, 0.1) is 5.92 Å². The maximum Gasteiger partial charge on any atom is 0.0125 e. The highest BCUT2D eigenvalue weighted by atomic mass is 15.2. The molecular formula is C13H26N2. The van der Waals surface area contributed by atoms with Crippen LogP contribution in [0.2, 0.25) is 0 Å². The van der Waals surface area contributed by atoms with Crippen molar-refractivity contribution in [2.24, 2.45) is 11.7 Å². The number of hydrogen-bond donors (Lipinski definition) is 1. The van der Waals surface area contributed by atoms with Crippen LogP contribution in [0.1, 0.15) is 51.9 Å². The van der Waals surface area contributed by atoms with Gasteiger partial charge in [-0.25, -0.2) is 0 Å². The van der Waals surface area contributed by atoms with Crippen molar-refractivity contribution in [1.82, 2.24) is 4.90 Å². The molecule has 15 heavy (non-hydrogen) atoms. The molecule has 1 atom stereocenters. The zero-order valence-electron chi connectivity index (χ0n) is 10.1. The molecule has 0 amide bonds. The molecule has 2 aliphatic rings. The van der Waals surface area contributed by atoms with Crippen molar-refractivity contribution in [3.63, 3.8) is 0 Å². The molecule has 0 radical (unpaired) electrons. The normalized spacial score (nSPS) is 38.4. The number of hydrogen-bond acceptors (Lipinski definition) is 2. The van der Waals surface area contributed by atoms with E-state index in [0.717, 1.165) is 12.0 Å². The second-order valence-corrected chi connectivity index (χ2v) is 5.51. The van der Waals surface area contributed by atoms with Crippen molar-refractivity contribution in [2.75, 3.05) is 13.1 Å². The molecule has 2 nitrogen and oxygen atoms in total. The van der Waals surface area contributed by atoms with Crippen molar-refractivity contribution in [2.45, 2.75) is 64.0 Å². The largest absolute Gasteiger partial charge is 0.328 e. The van der Waals surface area contributed by atoms with Crippen LogP contribution in [0.15, 0.2) is 0 Å². The fourth-order valence-corrected chi connectivity index (χ4v) is 3.18. The van der Waals surface area contributed by atoms with E-state index in [1.165, 1.54) is 58.0 Å². The van der Waals surface area contributed by atoms with Gasteiger partial charge in [0.05, 0.1) is 0 Å². The van der Waals surface area contributed by atoms with Gasteiger partial charge >= 0.3 is 0 Å². The Hall–Kier alpha value is -0.0800. The van der Waals surface area contributed by atoms with Crippen LogP contribution in [-0.2, 0) is 0 Å². The lowest BCUT2D eigenvalue weighted by molar-refractivity contribution is 0.113. The number of nitrogens with two attached hydrogens (primary N) is 1. The molecular weight excluding hydrogens is 184 g/mol. The summed E-state index contributed by atoms with van der Waals surface area (Å²) in [7, 11) is 0. The third-order valence-electron chi connectivity index (χ3n) is 4.25. The van der Waals surface area contributed by atoms with Crippen molar-refractivity contribution in [3.8, 4) is 0 Å². The topological polar surface area (TPSA) is 29.3 Å². The molecule has 1 heterocycles. The lowest BCUT2D eigenvalue weighted by Crippen LogP contribution is -2.50. The SMILES string of the molecule is CCCC1CCCN(C2CC(N)C2)CC1. The Morgan fingerprint density at radius 1 is 1.20 bits per heavy atom. The van der Waals surface area contributed by atoms with Crippen LogP contribution in [-0.4, -0.2) is 30.1 Å². The molecule has 0 aromatic carbocycles. The van der Waals surface area contributed by atoms with E-state index >= 15 is 0 Å². The predicted octanol–water partition coefficient (Wildman–Crippen LogP) is 2.38. The standard InChI is InChI=1S/C13H26N2/c1-2-4-11-5-3-7-15(8-6-11)13-9-12(14)10-13/h11-13H,2-10,14H2,1H3. The molecule has 1 aliphatic heterocycles. The molecule has 1 saturated carbocycles. The van der Waals surface area contributed by atoms with E-state index in [4.69, 9.17) is 5.73 Å². The van der Waals surface area contributed by atoms with Gasteiger partial charge in [0.1, 0.15) is 0 Å². The molecule has 1 unspecified atom stereocenters. The molecule has 88 valence electrons. The lowest BCUT2D eigenvalue weighted by Gasteiger charge is -2.41. The molecule has 0 aromatic rings. The molecule has 0 bridgehead atoms. The first-order valence-electron chi connectivity index (χ1n) is 6.79. The average molecular weight is 210 g/mol. The first-order chi connectivity index (χ1) is 7.29. The maximum absolute atomic E-state index is 5.86. The van der Waals surface area contributed by atoms with Gasteiger partial charge in [0, 0.05) is 12.1 Å². The summed E-state index contributed by atoms with van der Waals surface area (Å²) in [4.78, 5) is 2.71. The Morgan fingerprint density at radius 2 is 2.00 bits per heavy atom. The van der Waals surface area contributed by atoms with Gasteiger partial charge in [-0.05, 0) is 51.1 Å². The van der Waals surface area contributed by atoms with Crippen LogP contribution in [0.5, 0.6) is 0 Å². The zero-order valence-corrected chi connectivity index (χ0v) is 10.1. The van der Waals surface area contributed by atoms with Crippen LogP contribution in [0.3, 0.4) is 0 Å². The molecule has 1 saturated heterocycles. The summed E-state index contributed by atoms with van der Waals surface area (Å²) in [5, 5.41) is 0. The third-order valence-corrected chi connectivity index (χ3v) is 4.25. The van der Waals surface area contributed by atoms with Gasteiger partial charge < -0.3 is 10.6 Å². The smallest absolute Gasteiger partial charge is 0.0125 e. The van der Waals surface area contributed by atoms with Crippen LogP contribution in [0.4, 0.5) is 0 Å². The summed E-state index contributed by atoms with van der Waals surface area (Å²) in [5.41, 5.74) is 5.86. The summed E-state index contributed by atoms with van der Waals surface area (Å²) in [6.07, 6.45) is 9.60. The van der Waals surface area contributed by atoms with Gasteiger partial charge in [0.25, 0.3) is 0 Å². The molecule has 1 aliphatic carbocycles. The first kappa shape index (κ1) is 11.4. The van der Waals surface area contributed by atoms with E-state index in [2.05, 4.69) is 11.8 Å². The highest BCUT2D eigenvalue weighted by Gasteiger charge is 2.31. The molecule has 2 N–H and O–H groups in total. The van der Waals surface area contributed by atoms with Crippen LogP contribution < -0.4 is 5.73 Å². The van der Waals surface area contributed by atoms with E-state index in [1.54, 1.807) is 0 Å². The third kappa shape index (κ3) is 2.94. The quantitative estimate of drug-likeness (QED) is 0.775. The molecule has 0 spiro atoms. The van der Waals surface area contributed by atoms with Crippen molar-refractivity contribution >= 4 is 0 Å². The minimum atomic E-state index is 0.504. The van der Waals surface area contributed by atoms with Gasteiger partial charge in [-0.3, -0.25) is 0 Å². The van der Waals surface area contributed by atoms with Gasteiger partial charge in [0.2, 0.25) is 0 Å². The van der Waals surface area contributed by atoms with Gasteiger partial charge in [-0.2, -0.15) is 0 Å². The van der Waals surface area contributed by atoms with Gasteiger partial charge in [-0.1, -0.05) is 19.8 Å². The van der Waals surface area contributed by atoms with Crippen LogP contribution >= 0.6 is 0 Å². The summed E-state index contributed by atoms with van der Waals surface area (Å²) in [6, 6.07) is 1.34. The number of nitrogens with zero attached hydrogens (tertiary/aromatic N) is 1.